The van der Waals surface area contributed by atoms with Gasteiger partial charge in [0.2, 0.25) is 0 Å². The van der Waals surface area contributed by atoms with Gasteiger partial charge in [0.05, 0.1) is 6.54 Å². The molecule has 0 rings (SSSR count). The van der Waals surface area contributed by atoms with Gasteiger partial charge >= 0.3 is 12.0 Å². The number of carboxylic acid groups (broad SMARTS) is 1. The van der Waals surface area contributed by atoms with Crippen LogP contribution < -0.4 is 11.5 Å². The highest BCUT2D eigenvalue weighted by Crippen LogP contribution is 1.85. The molecule has 0 saturated carbocycles. The van der Waals surface area contributed by atoms with E-state index in [4.69, 9.17) is 16.0 Å². The number of nitrogens with zero attached hydrogens (tertiary/aromatic N) is 1. The molecular weight excluding hydrogens is 154 g/mol. The van der Waals surface area contributed by atoms with Crippen molar-refractivity contribution in [3.05, 3.63) is 0 Å². The molecule has 0 radical (unpaired) electrons. The molecule has 7 heteroatoms. The number of urea groups is 1. The van der Waals surface area contributed by atoms with Crippen LogP contribution in [0.5, 0.6) is 0 Å². The Kier molecular flexibility index (Phi) is 3.28. The number of rotatable bonds is 3. The number of aliphatic carboxylic acids is 1. The lowest BCUT2D eigenvalue weighted by Crippen LogP contribution is -2.45. The van der Waals surface area contributed by atoms with Crippen LogP contribution in [0, 0.1) is 0 Å². The zero-order chi connectivity index (χ0) is 9.02. The van der Waals surface area contributed by atoms with Crippen LogP contribution in [0.25, 0.3) is 0 Å². The van der Waals surface area contributed by atoms with Gasteiger partial charge in [-0.15, -0.1) is 0 Å². The third kappa shape index (κ3) is 3.38. The maximum atomic E-state index is 10.1. The van der Waals surface area contributed by atoms with E-state index in [1.165, 1.54) is 0 Å². The van der Waals surface area contributed by atoms with Gasteiger partial charge < -0.3 is 16.6 Å². The summed E-state index contributed by atoms with van der Waals surface area (Å²) in [5, 5.41) is 16.8. The first kappa shape index (κ1) is 9.66. The molecule has 64 valence electrons. The second-order valence-electron chi connectivity index (χ2n) is 1.87. The number of primary amides is 1. The van der Waals surface area contributed by atoms with E-state index in [2.05, 4.69) is 5.73 Å². The van der Waals surface area contributed by atoms with Crippen molar-refractivity contribution in [1.29, 1.82) is 0 Å². The third-order valence-corrected chi connectivity index (χ3v) is 0.941. The first-order valence-electron chi connectivity index (χ1n) is 2.69. The molecule has 7 nitrogen and oxygen atoms in total. The van der Waals surface area contributed by atoms with E-state index in [1.54, 1.807) is 0 Å². The molecular formula is C4H9N3O4. The molecule has 0 bridgehead atoms. The molecule has 1 atom stereocenters. The van der Waals surface area contributed by atoms with Crippen LogP contribution >= 0.6 is 0 Å². The van der Waals surface area contributed by atoms with Crippen LogP contribution in [0.3, 0.4) is 0 Å². The molecule has 0 saturated heterocycles. The van der Waals surface area contributed by atoms with Crippen LogP contribution in [0.2, 0.25) is 0 Å². The molecule has 11 heavy (non-hydrogen) atoms. The van der Waals surface area contributed by atoms with Gasteiger partial charge in [-0.1, -0.05) is 0 Å². The smallest absolute Gasteiger partial charge is 0.338 e. The van der Waals surface area contributed by atoms with E-state index < -0.39 is 24.6 Å². The Hall–Kier alpha value is -1.34. The first-order chi connectivity index (χ1) is 4.95. The van der Waals surface area contributed by atoms with E-state index in [9.17, 15) is 9.59 Å². The lowest BCUT2D eigenvalue weighted by atomic mass is 10.3. The maximum absolute atomic E-state index is 10.1. The van der Waals surface area contributed by atoms with Crippen molar-refractivity contribution in [3.8, 4) is 0 Å². The van der Waals surface area contributed by atoms with Crippen LogP contribution in [-0.2, 0) is 4.79 Å². The molecule has 0 aliphatic rings. The minimum Gasteiger partial charge on any atom is -0.480 e. The molecule has 0 aromatic rings. The van der Waals surface area contributed by atoms with Crippen molar-refractivity contribution in [1.82, 2.24) is 5.06 Å². The Bertz CT molecular complexity index is 153. The Balaban J connectivity index is 3.84. The second kappa shape index (κ2) is 3.74. The molecule has 0 unspecified atom stereocenters. The van der Waals surface area contributed by atoms with Gasteiger partial charge in [0, 0.05) is 0 Å². The Morgan fingerprint density at radius 1 is 1.55 bits per heavy atom. The van der Waals surface area contributed by atoms with E-state index in [1.807, 2.05) is 0 Å². The van der Waals surface area contributed by atoms with Gasteiger partial charge in [-0.25, -0.2) is 9.86 Å². The Labute approximate surface area is 62.1 Å². The fraction of sp³-hybridized carbons (Fsp3) is 0.500. The average molecular weight is 163 g/mol. The largest absolute Gasteiger partial charge is 0.480 e. The summed E-state index contributed by atoms with van der Waals surface area (Å²) in [5.74, 6) is -1.31. The quantitative estimate of drug-likeness (QED) is 0.287. The van der Waals surface area contributed by atoms with E-state index in [-0.39, 0.29) is 5.06 Å². The number of hydrogen-bond donors (Lipinski definition) is 4. The first-order valence-corrected chi connectivity index (χ1v) is 2.69. The zero-order valence-corrected chi connectivity index (χ0v) is 5.60. The number of carbonyl (C=O) groups is 2. The number of nitrogens with two attached hydrogens (primary N) is 2. The summed E-state index contributed by atoms with van der Waals surface area (Å²) in [6.07, 6.45) is 0. The molecule has 6 N–H and O–H groups in total. The summed E-state index contributed by atoms with van der Waals surface area (Å²) in [6.45, 7) is -0.523. The van der Waals surface area contributed by atoms with Gasteiger partial charge in [0.15, 0.2) is 0 Å². The number of carboxylic acids is 1. The van der Waals surface area contributed by atoms with Gasteiger partial charge in [-0.2, -0.15) is 0 Å². The van der Waals surface area contributed by atoms with E-state index >= 15 is 0 Å². The monoisotopic (exact) mass is 163 g/mol. The predicted octanol–water partition coefficient (Wildman–Crippen LogP) is -1.83. The standard InChI is InChI=1S/C4H9N3O4/c5-2(3(8)9)1-7(11)4(6)10/h2,11H,1,5H2,(H2,6,10)(H,8,9)/t2-/m0/s1. The highest BCUT2D eigenvalue weighted by atomic mass is 16.5. The summed E-state index contributed by atoms with van der Waals surface area (Å²) in [4.78, 5) is 20.1. The predicted molar refractivity (Wildman–Crippen MR) is 33.7 cm³/mol. The van der Waals surface area contributed by atoms with Crippen LogP contribution in [0.15, 0.2) is 0 Å². The minimum absolute atomic E-state index is 0.0405. The van der Waals surface area contributed by atoms with Crippen LogP contribution in [-0.4, -0.2) is 40.0 Å². The van der Waals surface area contributed by atoms with Crippen molar-refractivity contribution >= 4 is 12.0 Å². The van der Waals surface area contributed by atoms with Crippen molar-refractivity contribution < 1.29 is 19.9 Å². The van der Waals surface area contributed by atoms with Gasteiger partial charge in [0.1, 0.15) is 6.04 Å². The normalized spacial score (nSPS) is 12.2. The summed E-state index contributed by atoms with van der Waals surface area (Å²) in [6, 6.07) is -2.46. The highest BCUT2D eigenvalue weighted by Gasteiger charge is 2.17. The topological polar surface area (TPSA) is 130 Å². The molecule has 0 spiro atoms. The molecule has 0 aromatic carbocycles. The number of hydroxylamine groups is 2. The molecule has 2 amide bonds. The number of amides is 2. The SMILES string of the molecule is NC(=O)N(O)C[C@H](N)C(=O)O. The molecule has 0 heterocycles. The van der Waals surface area contributed by atoms with Crippen molar-refractivity contribution in [3.63, 3.8) is 0 Å². The summed E-state index contributed by atoms with van der Waals surface area (Å²) >= 11 is 0. The van der Waals surface area contributed by atoms with Gasteiger partial charge in [0.25, 0.3) is 0 Å². The van der Waals surface area contributed by atoms with Crippen LogP contribution in [0.4, 0.5) is 4.79 Å². The maximum Gasteiger partial charge on any atom is 0.338 e. The summed E-state index contributed by atoms with van der Waals surface area (Å²) in [5.41, 5.74) is 9.52. The fourth-order valence-electron chi connectivity index (χ4n) is 0.354. The minimum atomic E-state index is -1.33. The molecule has 0 fully saturated rings. The second-order valence-corrected chi connectivity index (χ2v) is 1.87. The molecule has 0 aliphatic heterocycles. The van der Waals surface area contributed by atoms with Gasteiger partial charge in [-0.3, -0.25) is 10.0 Å². The third-order valence-electron chi connectivity index (χ3n) is 0.941. The zero-order valence-electron chi connectivity index (χ0n) is 5.60. The lowest BCUT2D eigenvalue weighted by Gasteiger charge is -2.13. The fourth-order valence-corrected chi connectivity index (χ4v) is 0.354. The summed E-state index contributed by atoms with van der Waals surface area (Å²) in [7, 11) is 0. The number of carbonyl (C=O) groups excluding carboxylic acids is 1. The Morgan fingerprint density at radius 3 is 2.27 bits per heavy atom. The van der Waals surface area contributed by atoms with Crippen molar-refractivity contribution in [2.24, 2.45) is 11.5 Å². The lowest BCUT2D eigenvalue weighted by molar-refractivity contribution is -0.141. The van der Waals surface area contributed by atoms with Crippen LogP contribution in [0.1, 0.15) is 0 Å². The van der Waals surface area contributed by atoms with Crippen molar-refractivity contribution in [2.75, 3.05) is 6.54 Å². The summed E-state index contributed by atoms with van der Waals surface area (Å²) < 4.78 is 0. The molecule has 0 aliphatic carbocycles. The van der Waals surface area contributed by atoms with E-state index in [0.29, 0.717) is 0 Å². The number of hydrogen-bond acceptors (Lipinski definition) is 4. The average Bonchev–Trinajstić information content (AvgIpc) is 1.87. The molecule has 0 aromatic heterocycles. The van der Waals surface area contributed by atoms with Crippen molar-refractivity contribution in [2.45, 2.75) is 6.04 Å². The Morgan fingerprint density at radius 2 is 2.00 bits per heavy atom. The van der Waals surface area contributed by atoms with Gasteiger partial charge in [-0.05, 0) is 0 Å². The highest BCUT2D eigenvalue weighted by molar-refractivity contribution is 5.75. The van der Waals surface area contributed by atoms with E-state index in [0.717, 1.165) is 0 Å².